The van der Waals surface area contributed by atoms with Gasteiger partial charge in [0.25, 0.3) is 0 Å². The number of hydrogen-bond acceptors (Lipinski definition) is 4. The molecule has 0 amide bonds. The molecule has 4 nitrogen and oxygen atoms in total. The third kappa shape index (κ3) is 2.78. The maximum atomic E-state index is 10.0. The van der Waals surface area contributed by atoms with Crippen LogP contribution in [0.4, 0.5) is 0 Å². The quantitative estimate of drug-likeness (QED) is 0.931. The summed E-state index contributed by atoms with van der Waals surface area (Å²) in [6.07, 6.45) is 2.22. The largest absolute Gasteiger partial charge is 0.508 e. The van der Waals surface area contributed by atoms with E-state index in [4.69, 9.17) is 16.1 Å². The Bertz CT molecular complexity index is 634. The van der Waals surface area contributed by atoms with Gasteiger partial charge in [-0.2, -0.15) is 0 Å². The van der Waals surface area contributed by atoms with Crippen molar-refractivity contribution in [1.29, 1.82) is 0 Å². The first-order valence-electron chi connectivity index (χ1n) is 7.20. The van der Waals surface area contributed by atoms with E-state index in [9.17, 15) is 5.11 Å². The first kappa shape index (κ1) is 14.4. The molecule has 2 heterocycles. The van der Waals surface area contributed by atoms with E-state index in [1.165, 1.54) is 5.56 Å². The van der Waals surface area contributed by atoms with Crippen molar-refractivity contribution in [3.8, 4) is 5.75 Å². The van der Waals surface area contributed by atoms with Crippen molar-refractivity contribution in [2.45, 2.75) is 39.3 Å². The van der Waals surface area contributed by atoms with Crippen molar-refractivity contribution in [3.05, 3.63) is 45.8 Å². The van der Waals surface area contributed by atoms with Gasteiger partial charge in [0.2, 0.25) is 0 Å². The molecule has 0 aliphatic carbocycles. The Morgan fingerprint density at radius 3 is 2.95 bits per heavy atom. The van der Waals surface area contributed by atoms with Crippen LogP contribution in [0.2, 0.25) is 5.02 Å². The van der Waals surface area contributed by atoms with Crippen LogP contribution < -0.4 is 0 Å². The Morgan fingerprint density at radius 1 is 1.43 bits per heavy atom. The monoisotopic (exact) mass is 306 g/mol. The standard InChI is InChI=1S/C16H19ClN2O2/c1-10-16(11(2)21-18-10)14-4-3-7-19(14)9-12-8-13(17)5-6-15(12)20/h5-6,8,14,20H,3-4,7,9H2,1-2H3. The molecular weight excluding hydrogens is 288 g/mol. The van der Waals surface area contributed by atoms with Gasteiger partial charge in [-0.15, -0.1) is 0 Å². The van der Waals surface area contributed by atoms with Crippen molar-refractivity contribution in [2.75, 3.05) is 6.54 Å². The molecule has 0 bridgehead atoms. The minimum atomic E-state index is 0.295. The number of nitrogens with zero attached hydrogens (tertiary/aromatic N) is 2. The highest BCUT2D eigenvalue weighted by atomic mass is 35.5. The second-order valence-electron chi connectivity index (χ2n) is 5.64. The summed E-state index contributed by atoms with van der Waals surface area (Å²) in [6, 6.07) is 5.49. The number of rotatable bonds is 3. The van der Waals surface area contributed by atoms with Crippen LogP contribution in [0.5, 0.6) is 5.75 Å². The first-order valence-corrected chi connectivity index (χ1v) is 7.58. The number of aromatic nitrogens is 1. The SMILES string of the molecule is Cc1noc(C)c1C1CCCN1Cc1cc(Cl)ccc1O. The lowest BCUT2D eigenvalue weighted by atomic mass is 10.0. The van der Waals surface area contributed by atoms with Gasteiger partial charge in [0.1, 0.15) is 11.5 Å². The van der Waals surface area contributed by atoms with E-state index in [1.807, 2.05) is 19.9 Å². The molecule has 0 spiro atoms. The van der Waals surface area contributed by atoms with Gasteiger partial charge in [0, 0.05) is 28.7 Å². The predicted molar refractivity (Wildman–Crippen MR) is 81.5 cm³/mol. The van der Waals surface area contributed by atoms with E-state index >= 15 is 0 Å². The lowest BCUT2D eigenvalue weighted by Crippen LogP contribution is -2.23. The topological polar surface area (TPSA) is 49.5 Å². The number of phenols is 1. The van der Waals surface area contributed by atoms with Crippen LogP contribution in [0, 0.1) is 13.8 Å². The Labute approximate surface area is 129 Å². The second-order valence-corrected chi connectivity index (χ2v) is 6.08. The predicted octanol–water partition coefficient (Wildman–Crippen LogP) is 3.99. The smallest absolute Gasteiger partial charge is 0.138 e. The van der Waals surface area contributed by atoms with E-state index < -0.39 is 0 Å². The minimum Gasteiger partial charge on any atom is -0.508 e. The fourth-order valence-corrected chi connectivity index (χ4v) is 3.40. The Morgan fingerprint density at radius 2 is 2.24 bits per heavy atom. The molecule has 1 aliphatic heterocycles. The van der Waals surface area contributed by atoms with Crippen LogP contribution in [-0.4, -0.2) is 21.7 Å². The normalized spacial score (nSPS) is 19.3. The van der Waals surface area contributed by atoms with Gasteiger partial charge in [-0.25, -0.2) is 0 Å². The molecule has 0 radical (unpaired) electrons. The molecule has 1 aromatic carbocycles. The van der Waals surface area contributed by atoms with E-state index in [-0.39, 0.29) is 0 Å². The number of phenolic OH excluding ortho intramolecular Hbond substituents is 1. The van der Waals surface area contributed by atoms with Crippen LogP contribution in [0.1, 0.15) is 41.5 Å². The molecular formula is C16H19ClN2O2. The average Bonchev–Trinajstić information content (AvgIpc) is 3.01. The van der Waals surface area contributed by atoms with Gasteiger partial charge in [-0.1, -0.05) is 16.8 Å². The van der Waals surface area contributed by atoms with Crippen LogP contribution in [0.15, 0.2) is 22.7 Å². The second kappa shape index (κ2) is 5.70. The summed E-state index contributed by atoms with van der Waals surface area (Å²) in [5.41, 5.74) is 3.01. The number of aryl methyl sites for hydroxylation is 2. The van der Waals surface area contributed by atoms with E-state index in [0.29, 0.717) is 23.4 Å². The molecule has 1 atom stereocenters. The van der Waals surface area contributed by atoms with Crippen molar-refractivity contribution in [1.82, 2.24) is 10.1 Å². The van der Waals surface area contributed by atoms with E-state index in [2.05, 4.69) is 10.1 Å². The summed E-state index contributed by atoms with van der Waals surface area (Å²) in [5.74, 6) is 1.18. The van der Waals surface area contributed by atoms with Crippen molar-refractivity contribution < 1.29 is 9.63 Å². The maximum absolute atomic E-state index is 10.0. The van der Waals surface area contributed by atoms with E-state index in [1.54, 1.807) is 12.1 Å². The van der Waals surface area contributed by atoms with Crippen molar-refractivity contribution in [2.24, 2.45) is 0 Å². The lowest BCUT2D eigenvalue weighted by molar-refractivity contribution is 0.242. The molecule has 1 unspecified atom stereocenters. The number of aromatic hydroxyl groups is 1. The van der Waals surface area contributed by atoms with Crippen LogP contribution in [-0.2, 0) is 6.54 Å². The summed E-state index contributed by atoms with van der Waals surface area (Å²) in [5, 5.41) is 14.7. The Balaban J connectivity index is 1.86. The van der Waals surface area contributed by atoms with Gasteiger partial charge in [0.15, 0.2) is 0 Å². The highest BCUT2D eigenvalue weighted by molar-refractivity contribution is 6.30. The highest BCUT2D eigenvalue weighted by Gasteiger charge is 2.31. The molecule has 21 heavy (non-hydrogen) atoms. The van der Waals surface area contributed by atoms with Crippen molar-refractivity contribution >= 4 is 11.6 Å². The van der Waals surface area contributed by atoms with Gasteiger partial charge >= 0.3 is 0 Å². The molecule has 0 saturated carbocycles. The summed E-state index contributed by atoms with van der Waals surface area (Å²) in [4.78, 5) is 2.36. The Hall–Kier alpha value is -1.52. The highest BCUT2D eigenvalue weighted by Crippen LogP contribution is 2.37. The third-order valence-electron chi connectivity index (χ3n) is 4.20. The van der Waals surface area contributed by atoms with E-state index in [0.717, 1.165) is 36.4 Å². The van der Waals surface area contributed by atoms with Crippen LogP contribution in [0.3, 0.4) is 0 Å². The zero-order valence-corrected chi connectivity index (χ0v) is 13.0. The molecule has 1 aliphatic rings. The number of benzene rings is 1. The molecule has 1 fully saturated rings. The third-order valence-corrected chi connectivity index (χ3v) is 4.44. The summed E-state index contributed by atoms with van der Waals surface area (Å²) < 4.78 is 5.30. The van der Waals surface area contributed by atoms with Crippen molar-refractivity contribution in [3.63, 3.8) is 0 Å². The number of hydrogen-bond donors (Lipinski definition) is 1. The number of halogens is 1. The molecule has 1 aromatic heterocycles. The first-order chi connectivity index (χ1) is 10.1. The van der Waals surface area contributed by atoms with Gasteiger partial charge in [0.05, 0.1) is 5.69 Å². The van der Waals surface area contributed by atoms with Gasteiger partial charge < -0.3 is 9.63 Å². The van der Waals surface area contributed by atoms with Crippen LogP contribution >= 0.6 is 11.6 Å². The zero-order valence-electron chi connectivity index (χ0n) is 12.3. The average molecular weight is 307 g/mol. The summed E-state index contributed by atoms with van der Waals surface area (Å²) in [6.45, 7) is 5.63. The molecule has 1 saturated heterocycles. The molecule has 5 heteroatoms. The molecule has 1 N–H and O–H groups in total. The summed E-state index contributed by atoms with van der Waals surface area (Å²) >= 11 is 6.03. The lowest BCUT2D eigenvalue weighted by Gasteiger charge is -2.25. The summed E-state index contributed by atoms with van der Waals surface area (Å²) in [7, 11) is 0. The fraction of sp³-hybridized carbons (Fsp3) is 0.438. The minimum absolute atomic E-state index is 0.295. The zero-order chi connectivity index (χ0) is 15.0. The Kier molecular flexibility index (Phi) is 3.91. The number of likely N-dealkylation sites (tertiary alicyclic amines) is 1. The molecule has 2 aromatic rings. The maximum Gasteiger partial charge on any atom is 0.138 e. The fourth-order valence-electron chi connectivity index (χ4n) is 3.21. The van der Waals surface area contributed by atoms with Gasteiger partial charge in [-0.05, 0) is 51.4 Å². The van der Waals surface area contributed by atoms with Gasteiger partial charge in [-0.3, -0.25) is 4.90 Å². The van der Waals surface area contributed by atoms with Crippen LogP contribution in [0.25, 0.3) is 0 Å². The molecule has 3 rings (SSSR count). The molecule has 112 valence electrons.